The van der Waals surface area contributed by atoms with E-state index >= 15 is 0 Å². The van der Waals surface area contributed by atoms with Gasteiger partial charge in [-0.15, -0.1) is 0 Å². The monoisotopic (exact) mass is 403 g/mol. The first-order valence-electron chi connectivity index (χ1n) is 3.79. The molecule has 0 atom stereocenters. The van der Waals surface area contributed by atoms with Gasteiger partial charge in [-0.2, -0.15) is 0 Å². The second kappa shape index (κ2) is 5.92. The fourth-order valence-corrected chi connectivity index (χ4v) is 1.86. The fourth-order valence-electron chi connectivity index (χ4n) is 0.910. The number of benzene rings is 1. The lowest BCUT2D eigenvalue weighted by Gasteiger charge is -2.16. The molecule has 0 saturated carbocycles. The molecule has 4 N–H and O–H groups in total. The minimum atomic E-state index is -0.349. The van der Waals surface area contributed by atoms with Gasteiger partial charge in [0.1, 0.15) is 5.82 Å². The average Bonchev–Trinajstić information content (AvgIpc) is 2.21. The van der Waals surface area contributed by atoms with Crippen LogP contribution in [0.15, 0.2) is 33.9 Å². The average molecular weight is 404 g/mol. The van der Waals surface area contributed by atoms with E-state index in [2.05, 4.69) is 15.9 Å². The lowest BCUT2D eigenvalue weighted by molar-refractivity contribution is 0.627. The van der Waals surface area contributed by atoms with Gasteiger partial charge in [0.15, 0.2) is 0 Å². The molecule has 1 aromatic rings. The third kappa shape index (κ3) is 3.82. The highest BCUT2D eigenvalue weighted by Gasteiger charge is 2.06. The Morgan fingerprint density at radius 3 is 2.87 bits per heavy atom. The molecular weight excluding hydrogens is 396 g/mol. The minimum Gasteiger partial charge on any atom is -0.392 e. The first-order chi connectivity index (χ1) is 7.04. The summed E-state index contributed by atoms with van der Waals surface area (Å²) >= 11 is 5.31. The van der Waals surface area contributed by atoms with Gasteiger partial charge in [-0.05, 0) is 37.0 Å². The van der Waals surface area contributed by atoms with Crippen LogP contribution in [-0.2, 0) is 0 Å². The number of nitrogens with two attached hydrogens (primary N) is 2. The van der Waals surface area contributed by atoms with E-state index in [-0.39, 0.29) is 5.82 Å². The molecule has 0 spiro atoms. The Morgan fingerprint density at radius 2 is 2.27 bits per heavy atom. The van der Waals surface area contributed by atoms with Crippen molar-refractivity contribution in [2.75, 3.05) is 5.01 Å². The predicted molar refractivity (Wildman–Crippen MR) is 74.6 cm³/mol. The number of rotatable bonds is 3. The van der Waals surface area contributed by atoms with Crippen LogP contribution in [-0.4, -0.2) is 0 Å². The molecule has 0 radical (unpaired) electrons. The van der Waals surface area contributed by atoms with Crippen LogP contribution >= 0.6 is 46.1 Å². The van der Waals surface area contributed by atoms with Gasteiger partial charge in [-0.25, -0.2) is 10.2 Å². The third-order valence-corrected chi connectivity index (χ3v) is 4.02. The molecule has 0 aromatic heterocycles. The molecule has 7 heteroatoms. The molecule has 82 valence electrons. The minimum absolute atomic E-state index is 0.349. The molecule has 1 aromatic carbocycles. The molecule has 0 aliphatic carbocycles. The van der Waals surface area contributed by atoms with Crippen molar-refractivity contribution >= 4 is 51.8 Å². The Morgan fingerprint density at radius 1 is 1.60 bits per heavy atom. The van der Waals surface area contributed by atoms with Crippen molar-refractivity contribution in [3.63, 3.8) is 0 Å². The Kier molecular flexibility index (Phi) is 5.16. The van der Waals surface area contributed by atoms with Crippen LogP contribution < -0.4 is 16.6 Å². The normalized spacial score (nSPS) is 11.6. The topological polar surface area (TPSA) is 55.3 Å². The van der Waals surface area contributed by atoms with Crippen LogP contribution in [0.4, 0.5) is 10.1 Å². The number of halogens is 3. The van der Waals surface area contributed by atoms with Crippen LogP contribution in [0, 0.1) is 5.82 Å². The summed E-state index contributed by atoms with van der Waals surface area (Å²) in [5, 5.41) is 1.81. The smallest absolute Gasteiger partial charge is 0.125 e. The van der Waals surface area contributed by atoms with E-state index < -0.39 is 0 Å². The summed E-state index contributed by atoms with van der Waals surface area (Å²) in [6, 6.07) is 4.26. The zero-order valence-corrected chi connectivity index (χ0v) is 12.0. The highest BCUT2D eigenvalue weighted by molar-refractivity contribution is 14.2. The molecule has 0 bridgehead atoms. The van der Waals surface area contributed by atoms with Crippen LogP contribution in [0.25, 0.3) is 0 Å². The fraction of sp³-hybridized carbons (Fsp3) is 0. The van der Waals surface area contributed by atoms with E-state index in [1.54, 1.807) is 6.07 Å². The molecule has 0 unspecified atom stereocenters. The highest BCUT2D eigenvalue weighted by atomic mass is 127. The van der Waals surface area contributed by atoms with Crippen LogP contribution in [0.1, 0.15) is 0 Å². The maximum absolute atomic E-state index is 13.0. The molecule has 0 fully saturated rings. The van der Waals surface area contributed by atoms with Crippen molar-refractivity contribution in [3.05, 3.63) is 39.7 Å². The van der Waals surface area contributed by atoms with Gasteiger partial charge in [0, 0.05) is 31.7 Å². The summed E-state index contributed by atoms with van der Waals surface area (Å²) in [4.78, 5) is 0. The van der Waals surface area contributed by atoms with Gasteiger partial charge in [-0.3, -0.25) is 5.01 Å². The number of nitrogens with zero attached hydrogens (tertiary/aromatic N) is 1. The first kappa shape index (κ1) is 13.1. The second-order valence-corrected chi connectivity index (χ2v) is 5.41. The van der Waals surface area contributed by atoms with E-state index in [0.717, 1.165) is 0 Å². The molecule has 0 aliphatic rings. The molecule has 1 rings (SSSR count). The maximum atomic E-state index is 13.0. The van der Waals surface area contributed by atoms with E-state index in [1.165, 1.54) is 32.3 Å². The van der Waals surface area contributed by atoms with E-state index in [0.29, 0.717) is 15.2 Å². The molecule has 3 nitrogen and oxygen atoms in total. The first-order valence-corrected chi connectivity index (χ1v) is 7.94. The molecule has 0 amide bonds. The Bertz CT molecular complexity index is 388. The van der Waals surface area contributed by atoms with Gasteiger partial charge in [-0.1, -0.05) is 0 Å². The molecular formula is C8H8BrFIN3S. The van der Waals surface area contributed by atoms with Crippen molar-refractivity contribution in [1.82, 2.24) is 0 Å². The van der Waals surface area contributed by atoms with E-state index in [1.807, 2.05) is 21.2 Å². The third-order valence-electron chi connectivity index (χ3n) is 1.54. The van der Waals surface area contributed by atoms with Gasteiger partial charge >= 0.3 is 0 Å². The number of hydrazine groups is 1. The van der Waals surface area contributed by atoms with E-state index in [4.69, 9.17) is 11.6 Å². The molecule has 0 aliphatic heterocycles. The zero-order chi connectivity index (χ0) is 11.4. The molecule has 15 heavy (non-hydrogen) atoms. The lowest BCUT2D eigenvalue weighted by Crippen LogP contribution is -2.25. The van der Waals surface area contributed by atoms with E-state index in [9.17, 15) is 4.39 Å². The predicted octanol–water partition coefficient (Wildman–Crippen LogP) is 3.11. The van der Waals surface area contributed by atoms with Crippen molar-refractivity contribution in [3.8, 4) is 0 Å². The number of hydrogen-bond acceptors (Lipinski definition) is 4. The summed E-state index contributed by atoms with van der Waals surface area (Å²) in [5.74, 6) is 5.36. The Balaban J connectivity index is 3.00. The lowest BCUT2D eigenvalue weighted by atomic mass is 10.3. The SMILES string of the molecule is N/C(=C\N(N)c1cc(F)ccc1Br)SI. The molecule has 0 saturated heterocycles. The quantitative estimate of drug-likeness (QED) is 0.462. The zero-order valence-electron chi connectivity index (χ0n) is 7.45. The van der Waals surface area contributed by atoms with Gasteiger partial charge in [0.05, 0.1) is 16.9 Å². The summed E-state index contributed by atoms with van der Waals surface area (Å²) in [5.41, 5.74) is 6.10. The maximum Gasteiger partial charge on any atom is 0.125 e. The standard InChI is InChI=1S/C8H8BrFIN3S/c9-6-2-1-5(10)3-7(6)14(13)4-8(12)15-11/h1-4H,12-13H2/b8-4+. The largest absolute Gasteiger partial charge is 0.392 e. The van der Waals surface area contributed by atoms with Crippen LogP contribution in [0.2, 0.25) is 0 Å². The Hall–Kier alpha value is 0.0100. The van der Waals surface area contributed by atoms with Crippen molar-refractivity contribution in [2.24, 2.45) is 11.6 Å². The summed E-state index contributed by atoms with van der Waals surface area (Å²) in [7, 11) is 1.34. The van der Waals surface area contributed by atoms with Gasteiger partial charge in [0.2, 0.25) is 0 Å². The van der Waals surface area contributed by atoms with Gasteiger partial charge in [0.25, 0.3) is 0 Å². The van der Waals surface area contributed by atoms with Crippen molar-refractivity contribution in [1.29, 1.82) is 0 Å². The summed E-state index contributed by atoms with van der Waals surface area (Å²) < 4.78 is 13.7. The van der Waals surface area contributed by atoms with Crippen molar-refractivity contribution in [2.45, 2.75) is 0 Å². The highest BCUT2D eigenvalue weighted by Crippen LogP contribution is 2.27. The molecule has 0 heterocycles. The Labute approximate surface area is 112 Å². The second-order valence-electron chi connectivity index (χ2n) is 2.61. The van der Waals surface area contributed by atoms with Crippen LogP contribution in [0.3, 0.4) is 0 Å². The van der Waals surface area contributed by atoms with Crippen LogP contribution in [0.5, 0.6) is 0 Å². The summed E-state index contributed by atoms with van der Waals surface area (Å²) in [6.07, 6.45) is 1.52. The van der Waals surface area contributed by atoms with Gasteiger partial charge < -0.3 is 5.73 Å². The van der Waals surface area contributed by atoms with Crippen molar-refractivity contribution < 1.29 is 4.39 Å². The summed E-state index contributed by atoms with van der Waals surface area (Å²) in [6.45, 7) is 0. The number of anilines is 1. The number of hydrogen-bond donors (Lipinski definition) is 2.